The zero-order chi connectivity index (χ0) is 17.4. The second-order valence-corrected chi connectivity index (χ2v) is 5.03. The Hall–Kier alpha value is -2.64. The molecule has 0 atom stereocenters. The summed E-state index contributed by atoms with van der Waals surface area (Å²) >= 11 is 0. The maximum Gasteiger partial charge on any atom is 0.433 e. The zero-order valence-electron chi connectivity index (χ0n) is 12.8. The van der Waals surface area contributed by atoms with E-state index in [-0.39, 0.29) is 24.9 Å². The standard InChI is InChI=1S/C16H17F3N4O/c17-16(18,19)13-8-9-21-15(23-13)22-11-10-20-14(24)7-6-12-4-2-1-3-5-12/h1-5,8-9H,6-7,10-11H2,(H,20,24)(H,21,22,23). The number of benzene rings is 1. The lowest BCUT2D eigenvalue weighted by Gasteiger charge is -2.09. The Morgan fingerprint density at radius 1 is 1.08 bits per heavy atom. The van der Waals surface area contributed by atoms with Crippen LogP contribution in [0.1, 0.15) is 17.7 Å². The van der Waals surface area contributed by atoms with Gasteiger partial charge >= 0.3 is 6.18 Å². The number of rotatable bonds is 7. The molecule has 2 aromatic rings. The highest BCUT2D eigenvalue weighted by molar-refractivity contribution is 5.76. The smallest absolute Gasteiger partial charge is 0.354 e. The van der Waals surface area contributed by atoms with Gasteiger partial charge in [-0.15, -0.1) is 0 Å². The molecule has 5 nitrogen and oxygen atoms in total. The number of anilines is 1. The molecule has 2 rings (SSSR count). The summed E-state index contributed by atoms with van der Waals surface area (Å²) in [7, 11) is 0. The Morgan fingerprint density at radius 2 is 1.83 bits per heavy atom. The van der Waals surface area contributed by atoms with Gasteiger partial charge in [0.2, 0.25) is 11.9 Å². The fourth-order valence-electron chi connectivity index (χ4n) is 1.97. The van der Waals surface area contributed by atoms with E-state index in [4.69, 9.17) is 0 Å². The first-order valence-corrected chi connectivity index (χ1v) is 7.40. The molecule has 128 valence electrons. The topological polar surface area (TPSA) is 66.9 Å². The Morgan fingerprint density at radius 3 is 2.54 bits per heavy atom. The minimum Gasteiger partial charge on any atom is -0.354 e. The van der Waals surface area contributed by atoms with Crippen molar-refractivity contribution in [3.8, 4) is 0 Å². The van der Waals surface area contributed by atoms with Crippen LogP contribution in [0.2, 0.25) is 0 Å². The van der Waals surface area contributed by atoms with Crippen LogP contribution in [0.5, 0.6) is 0 Å². The number of amides is 1. The molecular weight excluding hydrogens is 321 g/mol. The van der Waals surface area contributed by atoms with Gasteiger partial charge < -0.3 is 10.6 Å². The van der Waals surface area contributed by atoms with Crippen LogP contribution in [0.3, 0.4) is 0 Å². The Bertz CT molecular complexity index is 662. The normalized spacial score (nSPS) is 11.1. The maximum absolute atomic E-state index is 12.5. The third-order valence-electron chi connectivity index (χ3n) is 3.16. The second kappa shape index (κ2) is 8.28. The number of hydrogen-bond acceptors (Lipinski definition) is 4. The van der Waals surface area contributed by atoms with Gasteiger partial charge in [-0.1, -0.05) is 30.3 Å². The van der Waals surface area contributed by atoms with Crippen molar-refractivity contribution < 1.29 is 18.0 Å². The number of aryl methyl sites for hydroxylation is 1. The van der Waals surface area contributed by atoms with Gasteiger partial charge in [-0.05, 0) is 18.1 Å². The number of hydrogen-bond donors (Lipinski definition) is 2. The molecule has 0 aliphatic carbocycles. The van der Waals surface area contributed by atoms with Crippen LogP contribution in [0.15, 0.2) is 42.6 Å². The quantitative estimate of drug-likeness (QED) is 0.762. The predicted octanol–water partition coefficient (Wildman–Crippen LogP) is 2.66. The van der Waals surface area contributed by atoms with E-state index in [9.17, 15) is 18.0 Å². The Kier molecular flexibility index (Phi) is 6.11. The summed E-state index contributed by atoms with van der Waals surface area (Å²) in [5.41, 5.74) is 0.0648. The summed E-state index contributed by atoms with van der Waals surface area (Å²) in [5, 5.41) is 5.34. The summed E-state index contributed by atoms with van der Waals surface area (Å²) in [6, 6.07) is 10.4. The highest BCUT2D eigenvalue weighted by Crippen LogP contribution is 2.27. The molecular formula is C16H17F3N4O. The molecule has 0 bridgehead atoms. The Labute approximate surface area is 137 Å². The number of alkyl halides is 3. The highest BCUT2D eigenvalue weighted by Gasteiger charge is 2.32. The first-order chi connectivity index (χ1) is 11.4. The molecule has 1 heterocycles. The SMILES string of the molecule is O=C(CCc1ccccc1)NCCNc1nccc(C(F)(F)F)n1. The van der Waals surface area contributed by atoms with E-state index in [1.807, 2.05) is 30.3 Å². The molecule has 0 fully saturated rings. The van der Waals surface area contributed by atoms with Crippen LogP contribution >= 0.6 is 0 Å². The average molecular weight is 338 g/mol. The summed E-state index contributed by atoms with van der Waals surface area (Å²) in [4.78, 5) is 18.8. The zero-order valence-corrected chi connectivity index (χ0v) is 12.8. The summed E-state index contributed by atoms with van der Waals surface area (Å²) in [5.74, 6) is -0.242. The van der Waals surface area contributed by atoms with Crippen LogP contribution in [0.4, 0.5) is 19.1 Å². The molecule has 1 amide bonds. The van der Waals surface area contributed by atoms with Crippen molar-refractivity contribution in [3.63, 3.8) is 0 Å². The second-order valence-electron chi connectivity index (χ2n) is 5.03. The molecule has 0 unspecified atom stereocenters. The number of nitrogens with one attached hydrogen (secondary N) is 2. The molecule has 1 aromatic heterocycles. The minimum absolute atomic E-state index is 0.120. The minimum atomic E-state index is -4.51. The fraction of sp³-hybridized carbons (Fsp3) is 0.312. The number of halogens is 3. The van der Waals surface area contributed by atoms with Gasteiger partial charge in [0.05, 0.1) is 0 Å². The van der Waals surface area contributed by atoms with Crippen molar-refractivity contribution in [2.24, 2.45) is 0 Å². The van der Waals surface area contributed by atoms with E-state index in [0.717, 1.165) is 17.8 Å². The Balaban J connectivity index is 1.68. The molecule has 1 aromatic carbocycles. The number of carbonyl (C=O) groups excluding carboxylic acids is 1. The third-order valence-corrected chi connectivity index (χ3v) is 3.16. The molecule has 0 saturated heterocycles. The molecule has 0 saturated carbocycles. The van der Waals surface area contributed by atoms with Crippen molar-refractivity contribution in [3.05, 3.63) is 53.9 Å². The van der Waals surface area contributed by atoms with Gasteiger partial charge in [-0.2, -0.15) is 13.2 Å². The van der Waals surface area contributed by atoms with E-state index >= 15 is 0 Å². The number of aromatic nitrogens is 2. The van der Waals surface area contributed by atoms with Gasteiger partial charge in [0.15, 0.2) is 0 Å². The molecule has 2 N–H and O–H groups in total. The maximum atomic E-state index is 12.5. The van der Waals surface area contributed by atoms with Crippen molar-refractivity contribution in [1.29, 1.82) is 0 Å². The molecule has 0 spiro atoms. The monoisotopic (exact) mass is 338 g/mol. The van der Waals surface area contributed by atoms with E-state index in [1.54, 1.807) is 0 Å². The lowest BCUT2D eigenvalue weighted by Crippen LogP contribution is -2.29. The molecule has 0 radical (unpaired) electrons. The van der Waals surface area contributed by atoms with Crippen molar-refractivity contribution in [2.45, 2.75) is 19.0 Å². The summed E-state index contributed by atoms with van der Waals surface area (Å²) in [6.07, 6.45) is -2.48. The van der Waals surface area contributed by atoms with Crippen LogP contribution < -0.4 is 10.6 Å². The lowest BCUT2D eigenvalue weighted by atomic mass is 10.1. The highest BCUT2D eigenvalue weighted by atomic mass is 19.4. The van der Waals surface area contributed by atoms with E-state index in [2.05, 4.69) is 20.6 Å². The fourth-order valence-corrected chi connectivity index (χ4v) is 1.97. The first kappa shape index (κ1) is 17.7. The van der Waals surface area contributed by atoms with Crippen molar-refractivity contribution >= 4 is 11.9 Å². The van der Waals surface area contributed by atoms with Crippen molar-refractivity contribution in [1.82, 2.24) is 15.3 Å². The van der Waals surface area contributed by atoms with Crippen molar-refractivity contribution in [2.75, 3.05) is 18.4 Å². The molecule has 0 aliphatic heterocycles. The number of nitrogens with zero attached hydrogens (tertiary/aromatic N) is 2. The van der Waals surface area contributed by atoms with E-state index in [0.29, 0.717) is 12.8 Å². The van der Waals surface area contributed by atoms with Gasteiger partial charge in [0.25, 0.3) is 0 Å². The largest absolute Gasteiger partial charge is 0.433 e. The molecule has 0 aliphatic rings. The van der Waals surface area contributed by atoms with Gasteiger partial charge in [0, 0.05) is 25.7 Å². The molecule has 8 heteroatoms. The van der Waals surface area contributed by atoms with Crippen LogP contribution in [-0.2, 0) is 17.4 Å². The average Bonchev–Trinajstić information content (AvgIpc) is 2.57. The van der Waals surface area contributed by atoms with Crippen LogP contribution in [0.25, 0.3) is 0 Å². The van der Waals surface area contributed by atoms with Gasteiger partial charge in [-0.3, -0.25) is 4.79 Å². The van der Waals surface area contributed by atoms with E-state index < -0.39 is 11.9 Å². The summed E-state index contributed by atoms with van der Waals surface area (Å²) < 4.78 is 37.5. The summed E-state index contributed by atoms with van der Waals surface area (Å²) in [6.45, 7) is 0.506. The van der Waals surface area contributed by atoms with Gasteiger partial charge in [0.1, 0.15) is 5.69 Å². The number of carbonyl (C=O) groups is 1. The predicted molar refractivity (Wildman–Crippen MR) is 83.3 cm³/mol. The van der Waals surface area contributed by atoms with Gasteiger partial charge in [-0.25, -0.2) is 9.97 Å². The lowest BCUT2D eigenvalue weighted by molar-refractivity contribution is -0.141. The first-order valence-electron chi connectivity index (χ1n) is 7.40. The van der Waals surface area contributed by atoms with Crippen LogP contribution in [0, 0.1) is 0 Å². The third kappa shape index (κ3) is 5.86. The van der Waals surface area contributed by atoms with Crippen LogP contribution in [-0.4, -0.2) is 29.0 Å². The molecule has 24 heavy (non-hydrogen) atoms. The van der Waals surface area contributed by atoms with E-state index in [1.165, 1.54) is 0 Å².